The minimum absolute atomic E-state index is 0.156. The number of halogens is 3. The number of nitrogens with zero attached hydrogens (tertiary/aromatic N) is 2. The number of carbonyl (C=O) groups excluding carboxylic acids is 1. The van der Waals surface area contributed by atoms with Gasteiger partial charge in [0.25, 0.3) is 0 Å². The van der Waals surface area contributed by atoms with E-state index in [0.717, 1.165) is 17.1 Å². The standard InChI is InChI=1S/C15H14F3N3O2/c16-15(17,18)11-7-19-21(8-11)13-3-1-2-12(6-13)20-14(22)10-4-5-23-9-10/h1-3,6-8,10H,4-5,9H2,(H,20,22). The smallest absolute Gasteiger partial charge is 0.381 e. The Morgan fingerprint density at radius 2 is 2.22 bits per heavy atom. The maximum absolute atomic E-state index is 12.6. The first-order valence-electron chi connectivity index (χ1n) is 7.04. The summed E-state index contributed by atoms with van der Waals surface area (Å²) in [6.07, 6.45) is -2.10. The third-order valence-electron chi connectivity index (χ3n) is 3.59. The minimum Gasteiger partial charge on any atom is -0.381 e. The van der Waals surface area contributed by atoms with Gasteiger partial charge in [-0.05, 0) is 24.6 Å². The van der Waals surface area contributed by atoms with Gasteiger partial charge in [0, 0.05) is 18.5 Å². The summed E-state index contributed by atoms with van der Waals surface area (Å²) >= 11 is 0. The highest BCUT2D eigenvalue weighted by Crippen LogP contribution is 2.29. The molecule has 0 bridgehead atoms. The Hall–Kier alpha value is -2.35. The molecule has 1 atom stereocenters. The third kappa shape index (κ3) is 3.53. The van der Waals surface area contributed by atoms with Gasteiger partial charge in [-0.25, -0.2) is 4.68 Å². The van der Waals surface area contributed by atoms with Gasteiger partial charge in [-0.2, -0.15) is 18.3 Å². The summed E-state index contributed by atoms with van der Waals surface area (Å²) in [6, 6.07) is 6.50. The number of ether oxygens (including phenoxy) is 1. The van der Waals surface area contributed by atoms with Crippen LogP contribution in [0.25, 0.3) is 5.69 Å². The Morgan fingerprint density at radius 3 is 2.87 bits per heavy atom. The SMILES string of the molecule is O=C(Nc1cccc(-n2cc(C(F)(F)F)cn2)c1)C1CCOC1. The molecule has 2 heterocycles. The first-order valence-corrected chi connectivity index (χ1v) is 7.04. The zero-order valence-corrected chi connectivity index (χ0v) is 12.0. The summed E-state index contributed by atoms with van der Waals surface area (Å²) in [7, 11) is 0. The maximum Gasteiger partial charge on any atom is 0.419 e. The topological polar surface area (TPSA) is 56.2 Å². The van der Waals surface area contributed by atoms with Crippen molar-refractivity contribution in [2.75, 3.05) is 18.5 Å². The molecule has 0 radical (unpaired) electrons. The van der Waals surface area contributed by atoms with Gasteiger partial charge in [0.05, 0.1) is 30.0 Å². The number of hydrogen-bond donors (Lipinski definition) is 1. The summed E-state index contributed by atoms with van der Waals surface area (Å²) in [4.78, 5) is 12.0. The van der Waals surface area contributed by atoms with Crippen molar-refractivity contribution >= 4 is 11.6 Å². The molecular weight excluding hydrogens is 311 g/mol. The number of nitrogens with one attached hydrogen (secondary N) is 1. The van der Waals surface area contributed by atoms with Crippen LogP contribution in [0.5, 0.6) is 0 Å². The first-order chi connectivity index (χ1) is 10.9. The van der Waals surface area contributed by atoms with Gasteiger partial charge in [-0.3, -0.25) is 4.79 Å². The number of aromatic nitrogens is 2. The van der Waals surface area contributed by atoms with Gasteiger partial charge >= 0.3 is 6.18 Å². The van der Waals surface area contributed by atoms with E-state index in [1.807, 2.05) is 0 Å². The van der Waals surface area contributed by atoms with Crippen molar-refractivity contribution in [3.8, 4) is 5.69 Å². The molecule has 1 saturated heterocycles. The summed E-state index contributed by atoms with van der Waals surface area (Å²) < 4.78 is 44.1. The second-order valence-corrected chi connectivity index (χ2v) is 5.27. The molecule has 8 heteroatoms. The number of rotatable bonds is 3. The molecular formula is C15H14F3N3O2. The predicted octanol–water partition coefficient (Wildman–Crippen LogP) is 2.87. The molecule has 1 amide bonds. The predicted molar refractivity (Wildman–Crippen MR) is 76.1 cm³/mol. The van der Waals surface area contributed by atoms with Crippen molar-refractivity contribution in [2.24, 2.45) is 5.92 Å². The van der Waals surface area contributed by atoms with Gasteiger partial charge in [0.2, 0.25) is 5.91 Å². The molecule has 1 aromatic carbocycles. The Bertz CT molecular complexity index is 706. The number of hydrogen-bond acceptors (Lipinski definition) is 3. The molecule has 23 heavy (non-hydrogen) atoms. The van der Waals surface area contributed by atoms with Gasteiger partial charge in [-0.1, -0.05) is 6.07 Å². The van der Waals surface area contributed by atoms with Gasteiger partial charge in [0.15, 0.2) is 0 Å². The van der Waals surface area contributed by atoms with Crippen molar-refractivity contribution in [3.05, 3.63) is 42.2 Å². The lowest BCUT2D eigenvalue weighted by molar-refractivity contribution is -0.137. The highest BCUT2D eigenvalue weighted by atomic mass is 19.4. The van der Waals surface area contributed by atoms with E-state index in [1.165, 1.54) is 0 Å². The van der Waals surface area contributed by atoms with E-state index < -0.39 is 11.7 Å². The number of alkyl halides is 3. The van der Waals surface area contributed by atoms with Crippen LogP contribution in [0.2, 0.25) is 0 Å². The largest absolute Gasteiger partial charge is 0.419 e. The average Bonchev–Trinajstić information content (AvgIpc) is 3.19. The van der Waals surface area contributed by atoms with Crippen molar-refractivity contribution in [1.29, 1.82) is 0 Å². The van der Waals surface area contributed by atoms with Crippen LogP contribution in [-0.4, -0.2) is 28.9 Å². The lowest BCUT2D eigenvalue weighted by atomic mass is 10.1. The number of amides is 1. The number of benzene rings is 1. The lowest BCUT2D eigenvalue weighted by Gasteiger charge is -2.10. The van der Waals surface area contributed by atoms with Crippen LogP contribution in [0.4, 0.5) is 18.9 Å². The number of anilines is 1. The van der Waals surface area contributed by atoms with Crippen molar-refractivity contribution < 1.29 is 22.7 Å². The molecule has 1 unspecified atom stereocenters. The van der Waals surface area contributed by atoms with Crippen molar-refractivity contribution in [3.63, 3.8) is 0 Å². The van der Waals surface area contributed by atoms with Gasteiger partial charge in [-0.15, -0.1) is 0 Å². The summed E-state index contributed by atoms with van der Waals surface area (Å²) in [6.45, 7) is 0.950. The Kier molecular flexibility index (Phi) is 4.08. The highest BCUT2D eigenvalue weighted by molar-refractivity contribution is 5.93. The van der Waals surface area contributed by atoms with Crippen LogP contribution >= 0.6 is 0 Å². The average molecular weight is 325 g/mol. The zero-order chi connectivity index (χ0) is 16.4. The minimum atomic E-state index is -4.44. The second kappa shape index (κ2) is 6.04. The normalized spacial score (nSPS) is 18.1. The summed E-state index contributed by atoms with van der Waals surface area (Å²) in [5, 5.41) is 6.46. The van der Waals surface area contributed by atoms with E-state index in [1.54, 1.807) is 24.3 Å². The molecule has 1 fully saturated rings. The van der Waals surface area contributed by atoms with Crippen LogP contribution in [0.3, 0.4) is 0 Å². The molecule has 0 aliphatic carbocycles. The quantitative estimate of drug-likeness (QED) is 0.944. The molecule has 0 saturated carbocycles. The third-order valence-corrected chi connectivity index (χ3v) is 3.59. The van der Waals surface area contributed by atoms with Crippen molar-refractivity contribution in [2.45, 2.75) is 12.6 Å². The Labute approximate surface area is 130 Å². The van der Waals surface area contributed by atoms with E-state index >= 15 is 0 Å². The molecule has 2 aromatic rings. The molecule has 1 aromatic heterocycles. The Morgan fingerprint density at radius 1 is 1.39 bits per heavy atom. The van der Waals surface area contributed by atoms with Crippen LogP contribution in [0.15, 0.2) is 36.7 Å². The van der Waals surface area contributed by atoms with E-state index in [9.17, 15) is 18.0 Å². The van der Waals surface area contributed by atoms with Crippen LogP contribution < -0.4 is 5.32 Å². The fourth-order valence-electron chi connectivity index (χ4n) is 2.32. The van der Waals surface area contributed by atoms with Crippen LogP contribution in [0.1, 0.15) is 12.0 Å². The fourth-order valence-corrected chi connectivity index (χ4v) is 2.32. The zero-order valence-electron chi connectivity index (χ0n) is 12.0. The Balaban J connectivity index is 1.77. The first kappa shape index (κ1) is 15.5. The molecule has 5 nitrogen and oxygen atoms in total. The molecule has 1 aliphatic rings. The molecule has 3 rings (SSSR count). The molecule has 0 spiro atoms. The van der Waals surface area contributed by atoms with E-state index in [-0.39, 0.29) is 11.8 Å². The summed E-state index contributed by atoms with van der Waals surface area (Å²) in [5.74, 6) is -0.351. The monoisotopic (exact) mass is 325 g/mol. The molecule has 1 aliphatic heterocycles. The van der Waals surface area contributed by atoms with Crippen molar-refractivity contribution in [1.82, 2.24) is 9.78 Å². The van der Waals surface area contributed by atoms with E-state index in [2.05, 4.69) is 10.4 Å². The summed E-state index contributed by atoms with van der Waals surface area (Å²) in [5.41, 5.74) is 0.111. The van der Waals surface area contributed by atoms with Crippen LogP contribution in [-0.2, 0) is 15.7 Å². The fraction of sp³-hybridized carbons (Fsp3) is 0.333. The lowest BCUT2D eigenvalue weighted by Crippen LogP contribution is -2.22. The maximum atomic E-state index is 12.6. The molecule has 122 valence electrons. The van der Waals surface area contributed by atoms with E-state index in [0.29, 0.717) is 31.0 Å². The van der Waals surface area contributed by atoms with Crippen LogP contribution in [0, 0.1) is 5.92 Å². The second-order valence-electron chi connectivity index (χ2n) is 5.27. The number of carbonyl (C=O) groups is 1. The van der Waals surface area contributed by atoms with Gasteiger partial charge in [0.1, 0.15) is 0 Å². The molecule has 1 N–H and O–H groups in total. The highest BCUT2D eigenvalue weighted by Gasteiger charge is 2.32. The van der Waals surface area contributed by atoms with Gasteiger partial charge < -0.3 is 10.1 Å². The van der Waals surface area contributed by atoms with E-state index in [4.69, 9.17) is 4.74 Å².